The molecular weight excluding hydrogens is 273 g/mol. The Balaban J connectivity index is 2.88. The van der Waals surface area contributed by atoms with E-state index in [1.165, 1.54) is 0 Å². The number of alkyl halides is 7. The Morgan fingerprint density at radius 2 is 1.56 bits per heavy atom. The largest absolute Gasteiger partial charge is 0.426 e. The van der Waals surface area contributed by atoms with Crippen molar-refractivity contribution in [3.8, 4) is 0 Å². The minimum atomic E-state index is -5.62. The van der Waals surface area contributed by atoms with Crippen LogP contribution in [-0.4, -0.2) is 37.5 Å². The SMILES string of the molecule is CC(F)C(F)(F)C(F)(F)OC(F)(F)C1(C)COC1. The van der Waals surface area contributed by atoms with Gasteiger partial charge in [0.2, 0.25) is 0 Å². The Kier molecular flexibility index (Phi) is 3.63. The van der Waals surface area contributed by atoms with Crippen molar-refractivity contribution in [1.82, 2.24) is 0 Å². The predicted molar refractivity (Wildman–Crippen MR) is 45.4 cm³/mol. The second-order valence-electron chi connectivity index (χ2n) is 4.43. The highest BCUT2D eigenvalue weighted by atomic mass is 19.3. The van der Waals surface area contributed by atoms with Crippen LogP contribution in [0.3, 0.4) is 0 Å². The first kappa shape index (κ1) is 15.5. The first-order valence-electron chi connectivity index (χ1n) is 4.91. The van der Waals surface area contributed by atoms with E-state index in [9.17, 15) is 30.7 Å². The van der Waals surface area contributed by atoms with Crippen molar-refractivity contribution < 1.29 is 40.2 Å². The van der Waals surface area contributed by atoms with E-state index < -0.39 is 42.9 Å². The molecule has 1 rings (SSSR count). The molecule has 1 atom stereocenters. The molecule has 108 valence electrons. The highest BCUT2D eigenvalue weighted by molar-refractivity contribution is 4.92. The van der Waals surface area contributed by atoms with Gasteiger partial charge in [0.05, 0.1) is 13.2 Å². The van der Waals surface area contributed by atoms with E-state index in [-0.39, 0.29) is 6.92 Å². The molecule has 1 fully saturated rings. The van der Waals surface area contributed by atoms with Gasteiger partial charge in [-0.25, -0.2) is 9.13 Å². The normalized spacial score (nSPS) is 22.5. The maximum Gasteiger partial charge on any atom is 0.426 e. The third-order valence-electron chi connectivity index (χ3n) is 2.69. The maximum absolute atomic E-state index is 13.3. The van der Waals surface area contributed by atoms with Crippen LogP contribution >= 0.6 is 0 Å². The molecule has 0 aromatic carbocycles. The molecule has 1 saturated heterocycles. The van der Waals surface area contributed by atoms with E-state index >= 15 is 0 Å². The van der Waals surface area contributed by atoms with Gasteiger partial charge in [-0.3, -0.25) is 0 Å². The average molecular weight is 284 g/mol. The summed E-state index contributed by atoms with van der Waals surface area (Å²) in [4.78, 5) is 0. The van der Waals surface area contributed by atoms with Crippen LogP contribution in [0.5, 0.6) is 0 Å². The summed E-state index contributed by atoms with van der Waals surface area (Å²) in [6.45, 7) is -0.271. The quantitative estimate of drug-likeness (QED) is 0.722. The second kappa shape index (κ2) is 4.22. The minimum Gasteiger partial charge on any atom is -0.379 e. The van der Waals surface area contributed by atoms with Gasteiger partial charge >= 0.3 is 18.1 Å². The lowest BCUT2D eigenvalue weighted by Crippen LogP contribution is -2.60. The van der Waals surface area contributed by atoms with Gasteiger partial charge in [-0.05, 0) is 13.8 Å². The Morgan fingerprint density at radius 3 is 1.83 bits per heavy atom. The third kappa shape index (κ3) is 2.29. The first-order valence-corrected chi connectivity index (χ1v) is 4.91. The molecule has 0 bridgehead atoms. The maximum atomic E-state index is 13.3. The fourth-order valence-electron chi connectivity index (χ4n) is 1.16. The van der Waals surface area contributed by atoms with Gasteiger partial charge in [-0.1, -0.05) is 0 Å². The summed E-state index contributed by atoms with van der Waals surface area (Å²) in [6, 6.07) is 0. The standard InChI is InChI=1S/C9H11F7O2/c1-5(10)7(11,12)9(15,16)18-8(13,14)6(2)3-17-4-6/h5H,3-4H2,1-2H3. The Bertz CT molecular complexity index is 312. The molecule has 2 nitrogen and oxygen atoms in total. The van der Waals surface area contributed by atoms with E-state index in [0.29, 0.717) is 0 Å². The van der Waals surface area contributed by atoms with Crippen LogP contribution in [-0.2, 0) is 9.47 Å². The van der Waals surface area contributed by atoms with E-state index in [1.807, 2.05) is 0 Å². The summed E-state index contributed by atoms with van der Waals surface area (Å²) in [7, 11) is 0. The molecule has 1 aliphatic rings. The summed E-state index contributed by atoms with van der Waals surface area (Å²) in [6.07, 6.45) is -13.5. The van der Waals surface area contributed by atoms with Crippen molar-refractivity contribution in [2.45, 2.75) is 38.2 Å². The predicted octanol–water partition coefficient (Wildman–Crippen LogP) is 3.22. The van der Waals surface area contributed by atoms with Crippen molar-refractivity contribution in [1.29, 1.82) is 0 Å². The molecule has 0 saturated carbocycles. The van der Waals surface area contributed by atoms with Crippen molar-refractivity contribution in [3.05, 3.63) is 0 Å². The van der Waals surface area contributed by atoms with Gasteiger partial charge in [0.25, 0.3) is 0 Å². The monoisotopic (exact) mass is 284 g/mol. The number of hydrogen-bond acceptors (Lipinski definition) is 2. The molecule has 0 aromatic heterocycles. The molecule has 0 amide bonds. The van der Waals surface area contributed by atoms with E-state index in [2.05, 4.69) is 9.47 Å². The molecule has 0 aromatic rings. The lowest BCUT2D eigenvalue weighted by Gasteiger charge is -2.44. The zero-order valence-electron chi connectivity index (χ0n) is 9.45. The fraction of sp³-hybridized carbons (Fsp3) is 1.00. The molecular formula is C9H11F7O2. The van der Waals surface area contributed by atoms with E-state index in [1.54, 1.807) is 0 Å². The fourth-order valence-corrected chi connectivity index (χ4v) is 1.16. The number of rotatable bonds is 5. The van der Waals surface area contributed by atoms with Gasteiger partial charge in [-0.15, -0.1) is 0 Å². The van der Waals surface area contributed by atoms with Crippen LogP contribution in [0.4, 0.5) is 30.7 Å². The van der Waals surface area contributed by atoms with Crippen LogP contribution in [0.1, 0.15) is 13.8 Å². The molecule has 9 heteroatoms. The molecule has 0 spiro atoms. The topological polar surface area (TPSA) is 18.5 Å². The zero-order chi connectivity index (χ0) is 14.4. The van der Waals surface area contributed by atoms with Crippen molar-refractivity contribution >= 4 is 0 Å². The molecule has 0 radical (unpaired) electrons. The summed E-state index contributed by atoms with van der Waals surface area (Å²) >= 11 is 0. The summed E-state index contributed by atoms with van der Waals surface area (Å²) in [5.74, 6) is -5.35. The summed E-state index contributed by atoms with van der Waals surface area (Å²) < 4.78 is 97.6. The number of ether oxygens (including phenoxy) is 2. The third-order valence-corrected chi connectivity index (χ3v) is 2.69. The van der Waals surface area contributed by atoms with E-state index in [4.69, 9.17) is 0 Å². The van der Waals surface area contributed by atoms with Crippen LogP contribution < -0.4 is 0 Å². The van der Waals surface area contributed by atoms with E-state index in [0.717, 1.165) is 6.92 Å². The van der Waals surface area contributed by atoms with Gasteiger partial charge in [0, 0.05) is 0 Å². The Labute approximate surface area is 98.0 Å². The van der Waals surface area contributed by atoms with Crippen LogP contribution in [0.2, 0.25) is 0 Å². The molecule has 1 aliphatic heterocycles. The lowest BCUT2D eigenvalue weighted by molar-refractivity contribution is -0.473. The van der Waals surface area contributed by atoms with Crippen molar-refractivity contribution in [3.63, 3.8) is 0 Å². The summed E-state index contributed by atoms with van der Waals surface area (Å²) in [5.41, 5.74) is -2.13. The number of hydrogen-bond donors (Lipinski definition) is 0. The average Bonchev–Trinajstić information content (AvgIpc) is 2.11. The summed E-state index contributed by atoms with van der Waals surface area (Å²) in [5, 5.41) is 0. The van der Waals surface area contributed by atoms with Crippen LogP contribution in [0, 0.1) is 5.41 Å². The molecule has 1 unspecified atom stereocenters. The highest BCUT2D eigenvalue weighted by Crippen LogP contribution is 2.49. The molecule has 18 heavy (non-hydrogen) atoms. The van der Waals surface area contributed by atoms with Crippen LogP contribution in [0.25, 0.3) is 0 Å². The van der Waals surface area contributed by atoms with Crippen molar-refractivity contribution in [2.75, 3.05) is 13.2 Å². The molecule has 0 aliphatic carbocycles. The van der Waals surface area contributed by atoms with Gasteiger partial charge < -0.3 is 4.74 Å². The first-order chi connectivity index (χ1) is 7.86. The van der Waals surface area contributed by atoms with Crippen LogP contribution in [0.15, 0.2) is 0 Å². The zero-order valence-corrected chi connectivity index (χ0v) is 9.45. The van der Waals surface area contributed by atoms with Gasteiger partial charge in [0.15, 0.2) is 6.17 Å². The highest BCUT2D eigenvalue weighted by Gasteiger charge is 2.69. The second-order valence-corrected chi connectivity index (χ2v) is 4.43. The number of halogens is 7. The van der Waals surface area contributed by atoms with Gasteiger partial charge in [0.1, 0.15) is 5.41 Å². The molecule has 0 N–H and O–H groups in total. The van der Waals surface area contributed by atoms with Crippen molar-refractivity contribution in [2.24, 2.45) is 5.41 Å². The Morgan fingerprint density at radius 1 is 1.11 bits per heavy atom. The Hall–Kier alpha value is -0.570. The molecule has 1 heterocycles. The minimum absolute atomic E-state index is 0.129. The van der Waals surface area contributed by atoms with Gasteiger partial charge in [-0.2, -0.15) is 26.3 Å². The smallest absolute Gasteiger partial charge is 0.379 e. The lowest BCUT2D eigenvalue weighted by atomic mass is 9.87.